The smallest absolute Gasteiger partial charge is 0.275 e. The standard InChI is InChI=1S/C25H33N3O3/c1-3-30-23-14-21-13-19(2)31-24(21)15-22(23)16-26-25(29)18-28-11-9-27(10-12-28)17-20-7-5-4-6-8-20/h4-8,14-15,19H,3,9-13,16-18H2,1-2H3,(H,26,29)/p+2/t19-/m0/s1. The lowest BCUT2D eigenvalue weighted by atomic mass is 10.1. The molecule has 0 aliphatic carbocycles. The van der Waals surface area contributed by atoms with Crippen LogP contribution in [-0.2, 0) is 24.3 Å². The summed E-state index contributed by atoms with van der Waals surface area (Å²) < 4.78 is 11.7. The van der Waals surface area contributed by atoms with Crippen molar-refractivity contribution in [2.24, 2.45) is 0 Å². The molecule has 2 aromatic carbocycles. The Morgan fingerprint density at radius 1 is 1.13 bits per heavy atom. The van der Waals surface area contributed by atoms with Gasteiger partial charge in [-0.2, -0.15) is 0 Å². The molecule has 0 bridgehead atoms. The fourth-order valence-corrected chi connectivity index (χ4v) is 4.59. The maximum absolute atomic E-state index is 12.6. The van der Waals surface area contributed by atoms with Gasteiger partial charge in [0.1, 0.15) is 50.3 Å². The number of ether oxygens (including phenoxy) is 2. The molecule has 2 aliphatic heterocycles. The predicted octanol–water partition coefficient (Wildman–Crippen LogP) is 0.00850. The molecule has 2 aromatic rings. The number of carbonyl (C=O) groups excluding carboxylic acids is 1. The first kappa shape index (κ1) is 21.7. The zero-order valence-corrected chi connectivity index (χ0v) is 18.7. The summed E-state index contributed by atoms with van der Waals surface area (Å²) in [4.78, 5) is 15.6. The van der Waals surface area contributed by atoms with Gasteiger partial charge in [-0.25, -0.2) is 0 Å². The van der Waals surface area contributed by atoms with Crippen LogP contribution in [-0.4, -0.2) is 51.3 Å². The van der Waals surface area contributed by atoms with Crippen LogP contribution in [0.3, 0.4) is 0 Å². The van der Waals surface area contributed by atoms with E-state index in [0.29, 0.717) is 19.7 Å². The Morgan fingerprint density at radius 3 is 2.61 bits per heavy atom. The van der Waals surface area contributed by atoms with Crippen LogP contribution in [0.25, 0.3) is 0 Å². The second-order valence-corrected chi connectivity index (χ2v) is 8.75. The first-order valence-corrected chi connectivity index (χ1v) is 11.5. The second kappa shape index (κ2) is 10.2. The number of quaternary nitrogens is 2. The van der Waals surface area contributed by atoms with E-state index in [1.54, 1.807) is 4.90 Å². The molecule has 31 heavy (non-hydrogen) atoms. The minimum absolute atomic E-state index is 0.0961. The molecule has 1 amide bonds. The summed E-state index contributed by atoms with van der Waals surface area (Å²) in [6.07, 6.45) is 1.10. The quantitative estimate of drug-likeness (QED) is 0.559. The molecule has 2 aliphatic rings. The highest BCUT2D eigenvalue weighted by atomic mass is 16.5. The van der Waals surface area contributed by atoms with Crippen LogP contribution in [0.15, 0.2) is 42.5 Å². The Balaban J connectivity index is 1.25. The third kappa shape index (κ3) is 5.77. The number of rotatable bonds is 8. The van der Waals surface area contributed by atoms with E-state index < -0.39 is 0 Å². The van der Waals surface area contributed by atoms with Gasteiger partial charge in [-0.15, -0.1) is 0 Å². The minimum Gasteiger partial charge on any atom is -0.494 e. The molecule has 4 rings (SSSR count). The zero-order chi connectivity index (χ0) is 21.6. The third-order valence-electron chi connectivity index (χ3n) is 6.23. The van der Waals surface area contributed by atoms with Crippen LogP contribution in [0, 0.1) is 0 Å². The van der Waals surface area contributed by atoms with Gasteiger partial charge in [0.2, 0.25) is 0 Å². The van der Waals surface area contributed by atoms with Gasteiger partial charge in [0.25, 0.3) is 5.91 Å². The Hall–Kier alpha value is -2.57. The lowest BCUT2D eigenvalue weighted by Crippen LogP contribution is -3.28. The van der Waals surface area contributed by atoms with E-state index in [9.17, 15) is 4.79 Å². The summed E-state index contributed by atoms with van der Waals surface area (Å²) in [6.45, 7) is 11.0. The molecule has 0 saturated carbocycles. The van der Waals surface area contributed by atoms with Crippen molar-refractivity contribution in [2.75, 3.05) is 39.3 Å². The van der Waals surface area contributed by atoms with Crippen molar-refractivity contribution in [3.05, 3.63) is 59.2 Å². The predicted molar refractivity (Wildman–Crippen MR) is 120 cm³/mol. The number of hydrogen-bond acceptors (Lipinski definition) is 3. The summed E-state index contributed by atoms with van der Waals surface area (Å²) in [5.74, 6) is 1.87. The van der Waals surface area contributed by atoms with Gasteiger partial charge in [0, 0.05) is 29.7 Å². The van der Waals surface area contributed by atoms with Gasteiger partial charge in [-0.05, 0) is 26.0 Å². The van der Waals surface area contributed by atoms with Crippen molar-refractivity contribution in [3.8, 4) is 11.5 Å². The largest absolute Gasteiger partial charge is 0.494 e. The Bertz CT molecular complexity index is 879. The van der Waals surface area contributed by atoms with E-state index in [2.05, 4.69) is 48.6 Å². The topological polar surface area (TPSA) is 56.4 Å². The van der Waals surface area contributed by atoms with Crippen LogP contribution in [0.5, 0.6) is 11.5 Å². The molecule has 0 aromatic heterocycles. The van der Waals surface area contributed by atoms with Gasteiger partial charge < -0.3 is 24.6 Å². The number of nitrogens with one attached hydrogen (secondary N) is 3. The number of piperazine rings is 1. The Labute approximate surface area is 185 Å². The monoisotopic (exact) mass is 425 g/mol. The molecule has 6 nitrogen and oxygen atoms in total. The van der Waals surface area contributed by atoms with Crippen molar-refractivity contribution in [2.45, 2.75) is 39.5 Å². The van der Waals surface area contributed by atoms with Crippen LogP contribution < -0.4 is 24.6 Å². The second-order valence-electron chi connectivity index (χ2n) is 8.75. The summed E-state index contributed by atoms with van der Waals surface area (Å²) in [5, 5.41) is 3.10. The van der Waals surface area contributed by atoms with E-state index in [1.165, 1.54) is 16.0 Å². The highest BCUT2D eigenvalue weighted by molar-refractivity contribution is 5.77. The van der Waals surface area contributed by atoms with Gasteiger partial charge in [-0.1, -0.05) is 30.3 Å². The molecule has 0 spiro atoms. The highest BCUT2D eigenvalue weighted by Gasteiger charge is 2.25. The average Bonchev–Trinajstić information content (AvgIpc) is 3.13. The SMILES string of the molecule is CCOc1cc2c(cc1CNC(=O)C[NH+]1CC[NH+](Cc3ccccc3)CC1)O[C@@H](C)C2. The van der Waals surface area contributed by atoms with Crippen LogP contribution in [0.1, 0.15) is 30.5 Å². The minimum atomic E-state index is 0.0961. The third-order valence-corrected chi connectivity index (χ3v) is 6.23. The summed E-state index contributed by atoms with van der Waals surface area (Å²) in [7, 11) is 0. The molecule has 1 atom stereocenters. The zero-order valence-electron chi connectivity index (χ0n) is 18.7. The van der Waals surface area contributed by atoms with Gasteiger partial charge >= 0.3 is 0 Å². The van der Waals surface area contributed by atoms with Crippen LogP contribution in [0.2, 0.25) is 0 Å². The number of carbonyl (C=O) groups is 1. The first-order chi connectivity index (χ1) is 15.1. The molecule has 0 radical (unpaired) electrons. The van der Waals surface area contributed by atoms with Gasteiger partial charge in [0.05, 0.1) is 6.61 Å². The lowest BCUT2D eigenvalue weighted by Gasteiger charge is -2.29. The van der Waals surface area contributed by atoms with Crippen molar-refractivity contribution < 1.29 is 24.1 Å². The number of amides is 1. The summed E-state index contributed by atoms with van der Waals surface area (Å²) >= 11 is 0. The number of benzene rings is 2. The van der Waals surface area contributed by atoms with Crippen molar-refractivity contribution in [1.29, 1.82) is 0 Å². The van der Waals surface area contributed by atoms with E-state index >= 15 is 0 Å². The van der Waals surface area contributed by atoms with E-state index in [1.807, 2.05) is 13.0 Å². The maximum Gasteiger partial charge on any atom is 0.275 e. The van der Waals surface area contributed by atoms with Crippen molar-refractivity contribution >= 4 is 5.91 Å². The van der Waals surface area contributed by atoms with Crippen LogP contribution >= 0.6 is 0 Å². The van der Waals surface area contributed by atoms with Crippen molar-refractivity contribution in [1.82, 2.24) is 5.32 Å². The molecule has 6 heteroatoms. The molecular weight excluding hydrogens is 390 g/mol. The molecule has 3 N–H and O–H groups in total. The number of hydrogen-bond donors (Lipinski definition) is 3. The summed E-state index contributed by atoms with van der Waals surface area (Å²) in [5.41, 5.74) is 3.55. The van der Waals surface area contributed by atoms with E-state index in [4.69, 9.17) is 9.47 Å². The van der Waals surface area contributed by atoms with Gasteiger partial charge in [0.15, 0.2) is 6.54 Å². The molecular formula is C25H35N3O3+2. The van der Waals surface area contributed by atoms with Gasteiger partial charge in [-0.3, -0.25) is 4.79 Å². The molecule has 0 unspecified atom stereocenters. The van der Waals surface area contributed by atoms with Crippen molar-refractivity contribution in [3.63, 3.8) is 0 Å². The maximum atomic E-state index is 12.6. The van der Waals surface area contributed by atoms with E-state index in [0.717, 1.165) is 56.2 Å². The highest BCUT2D eigenvalue weighted by Crippen LogP contribution is 2.35. The summed E-state index contributed by atoms with van der Waals surface area (Å²) in [6, 6.07) is 14.8. The fourth-order valence-electron chi connectivity index (χ4n) is 4.59. The Kier molecular flexibility index (Phi) is 7.10. The molecule has 166 valence electrons. The normalized spacial score (nSPS) is 22.5. The first-order valence-electron chi connectivity index (χ1n) is 11.5. The molecule has 1 saturated heterocycles. The van der Waals surface area contributed by atoms with Crippen LogP contribution in [0.4, 0.5) is 0 Å². The van der Waals surface area contributed by atoms with E-state index in [-0.39, 0.29) is 12.0 Å². The fraction of sp³-hybridized carbons (Fsp3) is 0.480. The Morgan fingerprint density at radius 2 is 1.87 bits per heavy atom. The lowest BCUT2D eigenvalue weighted by molar-refractivity contribution is -1.02. The average molecular weight is 426 g/mol. The molecule has 2 heterocycles. The number of fused-ring (bicyclic) bond motifs is 1. The molecule has 1 fully saturated rings.